The average Bonchev–Trinajstić information content (AvgIpc) is 2.45. The Morgan fingerprint density at radius 2 is 1.81 bits per heavy atom. The zero-order chi connectivity index (χ0) is 15.2. The van der Waals surface area contributed by atoms with E-state index in [1.165, 1.54) is 5.56 Å². The molecule has 3 nitrogen and oxygen atoms in total. The Labute approximate surface area is 127 Å². The van der Waals surface area contributed by atoms with E-state index in [1.54, 1.807) is 0 Å². The van der Waals surface area contributed by atoms with E-state index >= 15 is 0 Å². The molecule has 0 fully saturated rings. The molecule has 2 rings (SSSR count). The van der Waals surface area contributed by atoms with Crippen molar-refractivity contribution in [3.05, 3.63) is 59.4 Å². The maximum Gasteiger partial charge on any atom is 0.119 e. The first-order chi connectivity index (χ1) is 10.1. The number of nitrogens with one attached hydrogen (secondary N) is 1. The van der Waals surface area contributed by atoms with Gasteiger partial charge in [-0.15, -0.1) is 0 Å². The van der Waals surface area contributed by atoms with Gasteiger partial charge in [0.2, 0.25) is 0 Å². The number of aromatic nitrogens is 1. The summed E-state index contributed by atoms with van der Waals surface area (Å²) in [5.74, 6) is 0.904. The minimum absolute atomic E-state index is 0.114. The maximum absolute atomic E-state index is 5.70. The number of hydrogen-bond acceptors (Lipinski definition) is 3. The van der Waals surface area contributed by atoms with Gasteiger partial charge in [0.15, 0.2) is 0 Å². The molecule has 1 atom stereocenters. The minimum Gasteiger partial charge on any atom is -0.491 e. The van der Waals surface area contributed by atoms with Crippen LogP contribution in [0.2, 0.25) is 0 Å². The van der Waals surface area contributed by atoms with E-state index in [0.29, 0.717) is 0 Å². The summed E-state index contributed by atoms with van der Waals surface area (Å²) < 4.78 is 5.70. The van der Waals surface area contributed by atoms with Crippen molar-refractivity contribution in [1.29, 1.82) is 0 Å². The fraction of sp³-hybridized carbons (Fsp3) is 0.389. The van der Waals surface area contributed by atoms with Crippen molar-refractivity contribution in [2.24, 2.45) is 0 Å². The van der Waals surface area contributed by atoms with E-state index in [2.05, 4.69) is 41.5 Å². The summed E-state index contributed by atoms with van der Waals surface area (Å²) in [6.45, 7) is 9.09. The largest absolute Gasteiger partial charge is 0.491 e. The van der Waals surface area contributed by atoms with Crippen molar-refractivity contribution in [2.45, 2.75) is 39.8 Å². The summed E-state index contributed by atoms with van der Waals surface area (Å²) >= 11 is 0. The van der Waals surface area contributed by atoms with E-state index in [0.717, 1.165) is 23.7 Å². The lowest BCUT2D eigenvalue weighted by molar-refractivity contribution is 0.242. The van der Waals surface area contributed by atoms with Crippen LogP contribution in [0.4, 0.5) is 0 Å². The van der Waals surface area contributed by atoms with Crippen LogP contribution in [0.3, 0.4) is 0 Å². The van der Waals surface area contributed by atoms with Crippen LogP contribution in [0, 0.1) is 6.92 Å². The standard InChI is InChI=1S/C18H24N2O/c1-5-19-18(17-8-6-7-14(4)20-17)15-9-11-16(12-10-15)21-13(2)3/h6-13,18-19H,5H2,1-4H3. The van der Waals surface area contributed by atoms with Crippen molar-refractivity contribution < 1.29 is 4.74 Å². The highest BCUT2D eigenvalue weighted by Crippen LogP contribution is 2.23. The van der Waals surface area contributed by atoms with Crippen LogP contribution < -0.4 is 10.1 Å². The third-order valence-electron chi connectivity index (χ3n) is 3.20. The summed E-state index contributed by atoms with van der Waals surface area (Å²) in [4.78, 5) is 4.65. The predicted molar refractivity (Wildman–Crippen MR) is 86.7 cm³/mol. The quantitative estimate of drug-likeness (QED) is 0.874. The molecular formula is C18H24N2O. The fourth-order valence-electron chi connectivity index (χ4n) is 2.33. The molecule has 0 aliphatic rings. The molecule has 21 heavy (non-hydrogen) atoms. The third-order valence-corrected chi connectivity index (χ3v) is 3.20. The van der Waals surface area contributed by atoms with Crippen LogP contribution in [0.15, 0.2) is 42.5 Å². The third kappa shape index (κ3) is 4.30. The van der Waals surface area contributed by atoms with Gasteiger partial charge in [0.1, 0.15) is 5.75 Å². The molecular weight excluding hydrogens is 260 g/mol. The summed E-state index contributed by atoms with van der Waals surface area (Å²) in [5, 5.41) is 3.50. The first kappa shape index (κ1) is 15.5. The van der Waals surface area contributed by atoms with Gasteiger partial charge in [-0.25, -0.2) is 0 Å². The summed E-state index contributed by atoms with van der Waals surface area (Å²) in [6.07, 6.45) is 0.193. The summed E-state index contributed by atoms with van der Waals surface area (Å²) in [5.41, 5.74) is 3.29. The van der Waals surface area contributed by atoms with Crippen LogP contribution in [0.5, 0.6) is 5.75 Å². The number of ether oxygens (including phenoxy) is 1. The Morgan fingerprint density at radius 3 is 2.38 bits per heavy atom. The van der Waals surface area contributed by atoms with Crippen molar-refractivity contribution in [3.63, 3.8) is 0 Å². The molecule has 0 bridgehead atoms. The second-order valence-corrected chi connectivity index (χ2v) is 5.43. The van der Waals surface area contributed by atoms with Gasteiger partial charge in [-0.1, -0.05) is 25.1 Å². The molecule has 0 amide bonds. The number of pyridine rings is 1. The van der Waals surface area contributed by atoms with E-state index in [1.807, 2.05) is 39.0 Å². The first-order valence-corrected chi connectivity index (χ1v) is 7.53. The molecule has 0 saturated carbocycles. The second kappa shape index (κ2) is 7.23. The highest BCUT2D eigenvalue weighted by atomic mass is 16.5. The highest BCUT2D eigenvalue weighted by Gasteiger charge is 2.14. The molecule has 2 aromatic rings. The van der Waals surface area contributed by atoms with Gasteiger partial charge in [0.25, 0.3) is 0 Å². The Morgan fingerprint density at radius 1 is 1.10 bits per heavy atom. The molecule has 1 aromatic carbocycles. The van der Waals surface area contributed by atoms with Crippen LogP contribution in [0.1, 0.15) is 43.8 Å². The molecule has 1 heterocycles. The zero-order valence-corrected chi connectivity index (χ0v) is 13.3. The van der Waals surface area contributed by atoms with Crippen molar-refractivity contribution in [3.8, 4) is 5.75 Å². The SMILES string of the molecule is CCNC(c1ccc(OC(C)C)cc1)c1cccc(C)n1. The summed E-state index contributed by atoms with van der Waals surface area (Å²) in [7, 11) is 0. The van der Waals surface area contributed by atoms with Crippen molar-refractivity contribution in [1.82, 2.24) is 10.3 Å². The Balaban J connectivity index is 2.26. The fourth-order valence-corrected chi connectivity index (χ4v) is 2.33. The maximum atomic E-state index is 5.70. The Hall–Kier alpha value is -1.87. The first-order valence-electron chi connectivity index (χ1n) is 7.53. The van der Waals surface area contributed by atoms with Gasteiger partial charge in [0.05, 0.1) is 17.8 Å². The molecule has 1 unspecified atom stereocenters. The number of benzene rings is 1. The molecule has 0 aliphatic carbocycles. The van der Waals surface area contributed by atoms with E-state index in [9.17, 15) is 0 Å². The zero-order valence-electron chi connectivity index (χ0n) is 13.3. The lowest BCUT2D eigenvalue weighted by atomic mass is 10.0. The monoisotopic (exact) mass is 284 g/mol. The molecule has 0 spiro atoms. The minimum atomic E-state index is 0.114. The van der Waals surface area contributed by atoms with Gasteiger partial charge in [-0.2, -0.15) is 0 Å². The number of nitrogens with zero attached hydrogens (tertiary/aromatic N) is 1. The number of rotatable bonds is 6. The van der Waals surface area contributed by atoms with Gasteiger partial charge in [-0.3, -0.25) is 4.98 Å². The smallest absolute Gasteiger partial charge is 0.119 e. The molecule has 112 valence electrons. The topological polar surface area (TPSA) is 34.1 Å². The van der Waals surface area contributed by atoms with E-state index in [4.69, 9.17) is 4.74 Å². The van der Waals surface area contributed by atoms with E-state index < -0.39 is 0 Å². The van der Waals surface area contributed by atoms with Gasteiger partial charge in [0, 0.05) is 5.69 Å². The molecule has 3 heteroatoms. The van der Waals surface area contributed by atoms with E-state index in [-0.39, 0.29) is 12.1 Å². The number of aryl methyl sites for hydroxylation is 1. The summed E-state index contributed by atoms with van der Waals surface area (Å²) in [6, 6.07) is 14.5. The lowest BCUT2D eigenvalue weighted by Crippen LogP contribution is -2.23. The van der Waals surface area contributed by atoms with Crippen molar-refractivity contribution >= 4 is 0 Å². The molecule has 0 aliphatic heterocycles. The average molecular weight is 284 g/mol. The van der Waals surface area contributed by atoms with Crippen molar-refractivity contribution in [2.75, 3.05) is 6.54 Å². The molecule has 0 radical (unpaired) electrons. The molecule has 1 N–H and O–H groups in total. The second-order valence-electron chi connectivity index (χ2n) is 5.43. The van der Waals surface area contributed by atoms with Crippen LogP contribution in [-0.2, 0) is 0 Å². The molecule has 0 saturated heterocycles. The Bertz CT molecular complexity index is 564. The van der Waals surface area contributed by atoms with Gasteiger partial charge < -0.3 is 10.1 Å². The molecule has 1 aromatic heterocycles. The van der Waals surface area contributed by atoms with Crippen LogP contribution >= 0.6 is 0 Å². The van der Waals surface area contributed by atoms with Gasteiger partial charge in [-0.05, 0) is 57.1 Å². The van der Waals surface area contributed by atoms with Crippen LogP contribution in [-0.4, -0.2) is 17.6 Å². The van der Waals surface area contributed by atoms with Crippen LogP contribution in [0.25, 0.3) is 0 Å². The highest BCUT2D eigenvalue weighted by molar-refractivity contribution is 5.33. The predicted octanol–water partition coefficient (Wildman–Crippen LogP) is 3.88. The Kier molecular flexibility index (Phi) is 5.34. The normalized spacial score (nSPS) is 12.4. The lowest BCUT2D eigenvalue weighted by Gasteiger charge is -2.19. The number of hydrogen-bond donors (Lipinski definition) is 1. The van der Waals surface area contributed by atoms with Gasteiger partial charge >= 0.3 is 0 Å².